The molecule has 1 fully saturated rings. The van der Waals surface area contributed by atoms with Crippen LogP contribution in [0.4, 0.5) is 4.79 Å². The van der Waals surface area contributed by atoms with Crippen LogP contribution in [0.1, 0.15) is 39.5 Å². The fourth-order valence-electron chi connectivity index (χ4n) is 2.13. The first-order valence-electron chi connectivity index (χ1n) is 6.31. The summed E-state index contributed by atoms with van der Waals surface area (Å²) in [6.45, 7) is 3.00. The van der Waals surface area contributed by atoms with Gasteiger partial charge in [0.2, 0.25) is 0 Å². The normalized spacial score (nSPS) is 27.1. The largest absolute Gasteiger partial charge is 0.479 e. The molecule has 0 spiro atoms. The number of aliphatic hydroxyl groups is 1. The van der Waals surface area contributed by atoms with Gasteiger partial charge in [0.15, 0.2) is 5.60 Å². The number of urea groups is 1. The van der Waals surface area contributed by atoms with Crippen molar-refractivity contribution >= 4 is 12.0 Å². The zero-order valence-electron chi connectivity index (χ0n) is 10.9. The van der Waals surface area contributed by atoms with Gasteiger partial charge >= 0.3 is 12.0 Å². The number of nitrogens with one attached hydrogen (secondary N) is 2. The van der Waals surface area contributed by atoms with Gasteiger partial charge in [0.25, 0.3) is 0 Å². The topological polar surface area (TPSA) is 98.7 Å². The molecule has 3 unspecified atom stereocenters. The van der Waals surface area contributed by atoms with Gasteiger partial charge in [0, 0.05) is 6.04 Å². The second-order valence-electron chi connectivity index (χ2n) is 5.37. The van der Waals surface area contributed by atoms with E-state index in [2.05, 4.69) is 17.6 Å². The van der Waals surface area contributed by atoms with Crippen LogP contribution in [-0.2, 0) is 4.79 Å². The second kappa shape index (κ2) is 6.04. The molecule has 4 N–H and O–H groups in total. The third-order valence-corrected chi connectivity index (χ3v) is 3.33. The third-order valence-electron chi connectivity index (χ3n) is 3.33. The van der Waals surface area contributed by atoms with E-state index in [1.54, 1.807) is 0 Å². The molecule has 0 heterocycles. The maximum Gasteiger partial charge on any atom is 0.337 e. The second-order valence-corrected chi connectivity index (χ2v) is 5.37. The molecule has 3 atom stereocenters. The minimum Gasteiger partial charge on any atom is -0.479 e. The van der Waals surface area contributed by atoms with Crippen molar-refractivity contribution in [1.82, 2.24) is 10.6 Å². The van der Waals surface area contributed by atoms with E-state index in [9.17, 15) is 14.7 Å². The highest BCUT2D eigenvalue weighted by Gasteiger charge is 2.30. The van der Waals surface area contributed by atoms with Crippen LogP contribution in [0.3, 0.4) is 0 Å². The van der Waals surface area contributed by atoms with Gasteiger partial charge < -0.3 is 20.8 Å². The summed E-state index contributed by atoms with van der Waals surface area (Å²) in [5.41, 5.74) is -1.93. The van der Waals surface area contributed by atoms with Crippen LogP contribution in [0.15, 0.2) is 0 Å². The predicted molar refractivity (Wildman–Crippen MR) is 66.2 cm³/mol. The Morgan fingerprint density at radius 2 is 2.06 bits per heavy atom. The number of carbonyl (C=O) groups excluding carboxylic acids is 1. The molecule has 6 nitrogen and oxygen atoms in total. The lowest BCUT2D eigenvalue weighted by Gasteiger charge is -2.28. The fraction of sp³-hybridized carbons (Fsp3) is 0.833. The van der Waals surface area contributed by atoms with Crippen molar-refractivity contribution in [2.75, 3.05) is 6.54 Å². The molecule has 0 radical (unpaired) electrons. The van der Waals surface area contributed by atoms with Crippen molar-refractivity contribution in [1.29, 1.82) is 0 Å². The lowest BCUT2D eigenvalue weighted by molar-refractivity contribution is -0.155. The van der Waals surface area contributed by atoms with Crippen LogP contribution in [-0.4, -0.2) is 40.4 Å². The van der Waals surface area contributed by atoms with Crippen LogP contribution in [0.25, 0.3) is 0 Å². The average molecular weight is 258 g/mol. The van der Waals surface area contributed by atoms with Crippen LogP contribution < -0.4 is 10.6 Å². The van der Waals surface area contributed by atoms with E-state index in [1.165, 1.54) is 6.42 Å². The summed E-state index contributed by atoms with van der Waals surface area (Å²) >= 11 is 0. The van der Waals surface area contributed by atoms with E-state index in [-0.39, 0.29) is 12.6 Å². The van der Waals surface area contributed by atoms with E-state index in [4.69, 9.17) is 5.11 Å². The Bertz CT molecular complexity index is 317. The standard InChI is InChI=1S/C12H22N2O4/c1-8-4-3-5-9(6-8)14-11(17)13-7-12(2,18)10(15)16/h8-9,18H,3-7H2,1-2H3,(H,15,16)(H2,13,14,17). The highest BCUT2D eigenvalue weighted by atomic mass is 16.4. The first-order valence-corrected chi connectivity index (χ1v) is 6.31. The van der Waals surface area contributed by atoms with Crippen molar-refractivity contribution in [2.24, 2.45) is 5.92 Å². The molecule has 1 rings (SSSR count). The van der Waals surface area contributed by atoms with Crippen LogP contribution in [0, 0.1) is 5.92 Å². The highest BCUT2D eigenvalue weighted by molar-refractivity contribution is 5.79. The van der Waals surface area contributed by atoms with Gasteiger partial charge in [-0.15, -0.1) is 0 Å². The quantitative estimate of drug-likeness (QED) is 0.596. The van der Waals surface area contributed by atoms with E-state index >= 15 is 0 Å². The minimum atomic E-state index is -1.93. The summed E-state index contributed by atoms with van der Waals surface area (Å²) in [7, 11) is 0. The van der Waals surface area contributed by atoms with Crippen LogP contribution >= 0.6 is 0 Å². The van der Waals surface area contributed by atoms with Crippen molar-refractivity contribution < 1.29 is 19.8 Å². The molecule has 0 aliphatic heterocycles. The van der Waals surface area contributed by atoms with Crippen molar-refractivity contribution in [3.05, 3.63) is 0 Å². The van der Waals surface area contributed by atoms with Gasteiger partial charge in [-0.05, 0) is 25.7 Å². The molecule has 0 aromatic carbocycles. The van der Waals surface area contributed by atoms with E-state index in [1.807, 2.05) is 0 Å². The summed E-state index contributed by atoms with van der Waals surface area (Å²) in [6.07, 6.45) is 4.18. The van der Waals surface area contributed by atoms with Crippen molar-refractivity contribution in [3.8, 4) is 0 Å². The molecule has 0 aromatic heterocycles. The van der Waals surface area contributed by atoms with Crippen LogP contribution in [0.5, 0.6) is 0 Å². The Morgan fingerprint density at radius 3 is 2.61 bits per heavy atom. The maximum absolute atomic E-state index is 11.6. The summed E-state index contributed by atoms with van der Waals surface area (Å²) < 4.78 is 0. The van der Waals surface area contributed by atoms with Gasteiger partial charge in [0.05, 0.1) is 6.54 Å². The molecule has 2 amide bonds. The molecule has 0 bridgehead atoms. The lowest BCUT2D eigenvalue weighted by atomic mass is 9.87. The predicted octanol–water partition coefficient (Wildman–Crippen LogP) is 0.700. The smallest absolute Gasteiger partial charge is 0.337 e. The zero-order valence-corrected chi connectivity index (χ0v) is 10.9. The summed E-state index contributed by atoms with van der Waals surface area (Å²) in [6, 6.07) is -0.279. The first kappa shape index (κ1) is 14.8. The molecular weight excluding hydrogens is 236 g/mol. The van der Waals surface area contributed by atoms with E-state index < -0.39 is 17.6 Å². The number of hydrogen-bond donors (Lipinski definition) is 4. The Kier molecular flexibility index (Phi) is 4.95. The molecule has 1 aliphatic carbocycles. The van der Waals surface area contributed by atoms with Gasteiger partial charge in [-0.3, -0.25) is 0 Å². The fourth-order valence-corrected chi connectivity index (χ4v) is 2.13. The summed E-state index contributed by atoms with van der Waals surface area (Å²) in [5, 5.41) is 23.3. The van der Waals surface area contributed by atoms with Gasteiger partial charge in [-0.1, -0.05) is 19.8 Å². The van der Waals surface area contributed by atoms with Crippen molar-refractivity contribution in [2.45, 2.75) is 51.2 Å². The molecule has 6 heteroatoms. The first-order chi connectivity index (χ1) is 8.31. The third kappa shape index (κ3) is 4.52. The highest BCUT2D eigenvalue weighted by Crippen LogP contribution is 2.23. The Labute approximate surface area is 107 Å². The van der Waals surface area contributed by atoms with Gasteiger partial charge in [0.1, 0.15) is 0 Å². The molecule has 18 heavy (non-hydrogen) atoms. The van der Waals surface area contributed by atoms with Crippen molar-refractivity contribution in [3.63, 3.8) is 0 Å². The Hall–Kier alpha value is -1.30. The summed E-state index contributed by atoms with van der Waals surface area (Å²) in [5.74, 6) is -0.750. The van der Waals surface area contributed by atoms with Gasteiger partial charge in [-0.2, -0.15) is 0 Å². The summed E-state index contributed by atoms with van der Waals surface area (Å²) in [4.78, 5) is 22.2. The number of amides is 2. The molecule has 1 aliphatic rings. The van der Waals surface area contributed by atoms with Crippen LogP contribution in [0.2, 0.25) is 0 Å². The number of carbonyl (C=O) groups is 2. The number of hydrogen-bond acceptors (Lipinski definition) is 3. The van der Waals surface area contributed by atoms with Gasteiger partial charge in [-0.25, -0.2) is 9.59 Å². The Morgan fingerprint density at radius 1 is 1.39 bits per heavy atom. The molecule has 1 saturated carbocycles. The average Bonchev–Trinajstić information content (AvgIpc) is 2.26. The SMILES string of the molecule is CC1CCCC(NC(=O)NCC(C)(O)C(=O)O)C1. The Balaban J connectivity index is 2.31. The minimum absolute atomic E-state index is 0.142. The zero-order chi connectivity index (χ0) is 13.8. The van der Waals surface area contributed by atoms with E-state index in [0.29, 0.717) is 5.92 Å². The lowest BCUT2D eigenvalue weighted by Crippen LogP contribution is -2.51. The molecule has 0 aromatic rings. The number of carboxylic acid groups (broad SMARTS) is 1. The van der Waals surface area contributed by atoms with E-state index in [0.717, 1.165) is 26.2 Å². The number of carboxylic acids is 1. The molecular formula is C12H22N2O4. The number of aliphatic carboxylic acids is 1. The monoisotopic (exact) mass is 258 g/mol. The maximum atomic E-state index is 11.6. The molecule has 0 saturated heterocycles. The number of rotatable bonds is 4. The molecule has 104 valence electrons.